The van der Waals surface area contributed by atoms with E-state index in [-0.39, 0.29) is 61.0 Å². The van der Waals surface area contributed by atoms with Gasteiger partial charge in [-0.1, -0.05) is 0 Å². The molecule has 19 valence electrons. The van der Waals surface area contributed by atoms with Crippen LogP contribution in [0.15, 0.2) is 0 Å². The Morgan fingerprint density at radius 1 is 1.00 bits per heavy atom. The Morgan fingerprint density at radius 2 is 1.00 bits per heavy atom. The van der Waals surface area contributed by atoms with Crippen LogP contribution in [0.2, 0.25) is 0 Å². The van der Waals surface area contributed by atoms with Crippen LogP contribution in [-0.2, 0) is 61.0 Å². The largest absolute Gasteiger partial charge is 4.00 e. The van der Waals surface area contributed by atoms with Gasteiger partial charge < -0.3 is 5.48 Å². The van der Waals surface area contributed by atoms with Gasteiger partial charge in [-0.15, -0.1) is 0 Å². The van der Waals surface area contributed by atoms with E-state index < -0.39 is 0 Å². The van der Waals surface area contributed by atoms with Crippen molar-refractivity contribution in [2.24, 2.45) is 0 Å². The fourth-order valence-corrected chi connectivity index (χ4v) is 0. The van der Waals surface area contributed by atoms with E-state index in [1.165, 1.54) is 0 Å². The van der Waals surface area contributed by atoms with Crippen molar-refractivity contribution in [1.29, 1.82) is 0 Å². The second-order valence-corrected chi connectivity index (χ2v) is 0. The molecule has 0 bridgehead atoms. The first-order valence-electron chi connectivity index (χ1n) is 0. The molecule has 0 aromatic rings. The van der Waals surface area contributed by atoms with Crippen LogP contribution in [0.25, 0.3) is 0 Å². The summed E-state index contributed by atoms with van der Waals surface area (Å²) in [7, 11) is 0. The van der Waals surface area contributed by atoms with Crippen LogP contribution in [0, 0.1) is 0 Å². The van der Waals surface area contributed by atoms with Gasteiger partial charge in [-0.2, -0.15) is 0 Å². The predicted molar refractivity (Wildman–Crippen MR) is 0.686 cm³/mol. The summed E-state index contributed by atoms with van der Waals surface area (Å²) in [6.45, 7) is 0. The van der Waals surface area contributed by atoms with E-state index in [0.717, 1.165) is 0 Å². The van der Waals surface area contributed by atoms with Crippen LogP contribution < -0.4 is 0 Å². The summed E-state index contributed by atoms with van der Waals surface area (Å²) >= 11 is 0. The van der Waals surface area contributed by atoms with Gasteiger partial charge in [-0.3, -0.25) is 0 Å². The molecule has 0 saturated carbocycles. The molecule has 0 N–H and O–H groups in total. The zero-order valence-electron chi connectivity index (χ0n) is 1.58. The summed E-state index contributed by atoms with van der Waals surface area (Å²) in [6.07, 6.45) is 0. The van der Waals surface area contributed by atoms with Crippen LogP contribution >= 0.6 is 0 Å². The first-order valence-corrected chi connectivity index (χ1v) is 0. The molecule has 0 rings (SSSR count). The van der Waals surface area contributed by atoms with Gasteiger partial charge in [0.1, 0.15) is 0 Å². The van der Waals surface area contributed by atoms with E-state index in [2.05, 4.69) is 0 Å². The maximum atomic E-state index is 0. The third-order valence-electron chi connectivity index (χ3n) is 0. The van der Waals surface area contributed by atoms with Gasteiger partial charge in [0.15, 0.2) is 0 Å². The van der Waals surface area contributed by atoms with E-state index in [9.17, 15) is 0 Å². The molecular weight excluding hydrogens is 220 g/mol. The minimum Gasteiger partial charge on any atom is -2.00 e. The standard InChI is InChI=1S/Cr.Fe.Mo.O/q+3;+2;+4;-2. The Morgan fingerprint density at radius 3 is 1.00 bits per heavy atom. The number of hydrogen-bond donors (Lipinski definition) is 0. The van der Waals surface area contributed by atoms with Crippen molar-refractivity contribution < 1.29 is 61.0 Å². The summed E-state index contributed by atoms with van der Waals surface area (Å²) < 4.78 is 0. The zero-order chi connectivity index (χ0) is 0. The van der Waals surface area contributed by atoms with Crippen molar-refractivity contribution in [3.8, 4) is 0 Å². The van der Waals surface area contributed by atoms with E-state index in [1.54, 1.807) is 0 Å². The van der Waals surface area contributed by atoms with Crippen LogP contribution in [0.1, 0.15) is 0 Å². The van der Waals surface area contributed by atoms with Crippen molar-refractivity contribution >= 4 is 0 Å². The SMILES string of the molecule is [Cr+3].[Fe+2].[Mo+4].[O-2]. The molecule has 0 atom stereocenters. The molecular formula is CrFeMoO+7. The van der Waals surface area contributed by atoms with Crippen molar-refractivity contribution in [2.45, 2.75) is 0 Å². The van der Waals surface area contributed by atoms with Crippen molar-refractivity contribution in [3.63, 3.8) is 0 Å². The van der Waals surface area contributed by atoms with Crippen molar-refractivity contribution in [3.05, 3.63) is 0 Å². The second-order valence-electron chi connectivity index (χ2n) is 0. The summed E-state index contributed by atoms with van der Waals surface area (Å²) in [4.78, 5) is 0. The molecule has 4 heteroatoms. The van der Waals surface area contributed by atoms with Gasteiger partial charge in [0.25, 0.3) is 0 Å². The van der Waals surface area contributed by atoms with E-state index in [0.29, 0.717) is 0 Å². The van der Waals surface area contributed by atoms with Gasteiger partial charge >= 0.3 is 55.5 Å². The molecule has 0 aromatic carbocycles. The first-order chi connectivity index (χ1) is 0. The maximum absolute atomic E-state index is 0. The molecule has 4 heavy (non-hydrogen) atoms. The summed E-state index contributed by atoms with van der Waals surface area (Å²) in [5.41, 5.74) is 0. The van der Waals surface area contributed by atoms with Crippen molar-refractivity contribution in [2.75, 3.05) is 0 Å². The Hall–Kier alpha value is 1.70. The van der Waals surface area contributed by atoms with Gasteiger partial charge in [-0.25, -0.2) is 0 Å². The van der Waals surface area contributed by atoms with E-state index in [1.807, 2.05) is 0 Å². The van der Waals surface area contributed by atoms with Crippen molar-refractivity contribution in [1.82, 2.24) is 0 Å². The molecule has 0 spiro atoms. The predicted octanol–water partition coefficient (Wildman–Crippen LogP) is -0.126. The van der Waals surface area contributed by atoms with Crippen LogP contribution in [-0.4, -0.2) is 0 Å². The molecule has 1 radical (unpaired) electrons. The monoisotopic (exact) mass is 222 g/mol. The molecule has 1 nitrogen and oxygen atoms in total. The van der Waals surface area contributed by atoms with E-state index in [4.69, 9.17) is 0 Å². The number of rotatable bonds is 0. The summed E-state index contributed by atoms with van der Waals surface area (Å²) in [5, 5.41) is 0. The molecule has 0 aliphatic carbocycles. The average molecular weight is 220 g/mol. The van der Waals surface area contributed by atoms with Gasteiger partial charge in [0, 0.05) is 0 Å². The van der Waals surface area contributed by atoms with Crippen LogP contribution in [0.3, 0.4) is 0 Å². The molecule has 0 unspecified atom stereocenters. The topological polar surface area (TPSA) is 28.5 Å². The molecule has 0 aliphatic rings. The maximum Gasteiger partial charge on any atom is 4.00 e. The average Bonchev–Trinajstić information content (AvgIpc) is 0. The Bertz CT molecular complexity index is 8.00. The minimum atomic E-state index is 0. The van der Waals surface area contributed by atoms with E-state index >= 15 is 0 Å². The normalized spacial score (nSPS) is 0. The van der Waals surface area contributed by atoms with Gasteiger partial charge in [0.05, 0.1) is 0 Å². The smallest absolute Gasteiger partial charge is 2.00 e. The zero-order valence-corrected chi connectivity index (χ0v) is 5.96. The molecule has 0 heterocycles. The van der Waals surface area contributed by atoms with Gasteiger partial charge in [-0.05, 0) is 0 Å². The Kier molecular flexibility index (Phi) is 242. The third-order valence-corrected chi connectivity index (χ3v) is 0. The fourth-order valence-electron chi connectivity index (χ4n) is 0. The molecule has 0 aliphatic heterocycles. The summed E-state index contributed by atoms with van der Waals surface area (Å²) in [6, 6.07) is 0. The molecule has 0 saturated heterocycles. The first kappa shape index (κ1) is 43.6. The van der Waals surface area contributed by atoms with Crippen LogP contribution in [0.4, 0.5) is 0 Å². The van der Waals surface area contributed by atoms with Gasteiger partial charge in [0.2, 0.25) is 0 Å². The quantitative estimate of drug-likeness (QED) is 0.509. The Balaban J connectivity index is 0. The molecule has 0 fully saturated rings. The van der Waals surface area contributed by atoms with Crippen LogP contribution in [0.5, 0.6) is 0 Å². The third kappa shape index (κ3) is 9.33. The minimum absolute atomic E-state index is 0. The molecule has 0 amide bonds. The fraction of sp³-hybridized carbons (Fsp3) is 0. The molecule has 0 aromatic heterocycles. The summed E-state index contributed by atoms with van der Waals surface area (Å²) in [5.74, 6) is 0. The Labute approximate surface area is 60.7 Å². The second kappa shape index (κ2) is 22.3. The number of hydrogen-bond acceptors (Lipinski definition) is 0.